The SMILES string of the molecule is CC1(C2CCN(C(=O)COCC(=O)O)CC2)CN(Cc2ccccc2)C(=O)CO1. The van der Waals surface area contributed by atoms with Crippen LogP contribution in [-0.4, -0.2) is 77.7 Å². The lowest BCUT2D eigenvalue weighted by Crippen LogP contribution is -2.58. The van der Waals surface area contributed by atoms with Crippen LogP contribution in [0, 0.1) is 5.92 Å². The zero-order valence-corrected chi connectivity index (χ0v) is 16.7. The van der Waals surface area contributed by atoms with E-state index in [2.05, 4.69) is 6.92 Å². The van der Waals surface area contributed by atoms with E-state index >= 15 is 0 Å². The predicted octanol–water partition coefficient (Wildman–Crippen LogP) is 1.14. The van der Waals surface area contributed by atoms with Gasteiger partial charge >= 0.3 is 5.97 Å². The van der Waals surface area contributed by atoms with E-state index in [1.165, 1.54) is 0 Å². The first-order chi connectivity index (χ1) is 13.9. The van der Waals surface area contributed by atoms with Gasteiger partial charge in [-0.3, -0.25) is 9.59 Å². The summed E-state index contributed by atoms with van der Waals surface area (Å²) in [4.78, 5) is 38.6. The van der Waals surface area contributed by atoms with Crippen LogP contribution in [0.5, 0.6) is 0 Å². The fraction of sp³-hybridized carbons (Fsp3) is 0.571. The van der Waals surface area contributed by atoms with Crippen molar-refractivity contribution >= 4 is 17.8 Å². The van der Waals surface area contributed by atoms with Crippen molar-refractivity contribution in [3.8, 4) is 0 Å². The van der Waals surface area contributed by atoms with Gasteiger partial charge in [-0.25, -0.2) is 4.79 Å². The molecular weight excluding hydrogens is 376 g/mol. The molecule has 8 nitrogen and oxygen atoms in total. The number of carboxylic acid groups (broad SMARTS) is 1. The van der Waals surface area contributed by atoms with Crippen molar-refractivity contribution in [3.63, 3.8) is 0 Å². The highest BCUT2D eigenvalue weighted by molar-refractivity contribution is 5.79. The Morgan fingerprint density at radius 1 is 1.21 bits per heavy atom. The highest BCUT2D eigenvalue weighted by Crippen LogP contribution is 2.34. The van der Waals surface area contributed by atoms with E-state index in [0.717, 1.165) is 18.4 Å². The predicted molar refractivity (Wildman–Crippen MR) is 104 cm³/mol. The Morgan fingerprint density at radius 3 is 2.55 bits per heavy atom. The number of morpholine rings is 1. The molecule has 2 fully saturated rings. The molecule has 2 saturated heterocycles. The first-order valence-electron chi connectivity index (χ1n) is 9.90. The zero-order chi connectivity index (χ0) is 20.9. The molecule has 2 heterocycles. The lowest BCUT2D eigenvalue weighted by atomic mass is 9.80. The number of ether oxygens (including phenoxy) is 2. The van der Waals surface area contributed by atoms with E-state index in [1.807, 2.05) is 35.2 Å². The molecule has 2 aliphatic rings. The first-order valence-corrected chi connectivity index (χ1v) is 9.90. The summed E-state index contributed by atoms with van der Waals surface area (Å²) in [6.45, 7) is 3.68. The Balaban J connectivity index is 1.53. The Bertz CT molecular complexity index is 732. The maximum absolute atomic E-state index is 12.4. The smallest absolute Gasteiger partial charge is 0.329 e. The van der Waals surface area contributed by atoms with Gasteiger partial charge in [0.2, 0.25) is 11.8 Å². The van der Waals surface area contributed by atoms with Gasteiger partial charge in [-0.15, -0.1) is 0 Å². The quantitative estimate of drug-likeness (QED) is 0.732. The zero-order valence-electron chi connectivity index (χ0n) is 16.7. The van der Waals surface area contributed by atoms with Gasteiger partial charge in [-0.2, -0.15) is 0 Å². The molecule has 0 saturated carbocycles. The Labute approximate surface area is 170 Å². The van der Waals surface area contributed by atoms with Crippen LogP contribution in [0.2, 0.25) is 0 Å². The van der Waals surface area contributed by atoms with E-state index in [9.17, 15) is 14.4 Å². The molecule has 0 aromatic heterocycles. The van der Waals surface area contributed by atoms with Crippen LogP contribution >= 0.6 is 0 Å². The number of rotatable bonds is 7. The van der Waals surface area contributed by atoms with Crippen molar-refractivity contribution in [3.05, 3.63) is 35.9 Å². The van der Waals surface area contributed by atoms with Gasteiger partial charge in [0.05, 0.1) is 12.1 Å². The number of piperidine rings is 1. The van der Waals surface area contributed by atoms with Crippen LogP contribution < -0.4 is 0 Å². The number of carbonyl (C=O) groups excluding carboxylic acids is 2. The summed E-state index contributed by atoms with van der Waals surface area (Å²) in [6.07, 6.45) is 1.54. The number of carboxylic acids is 1. The minimum absolute atomic E-state index is 0.00507. The number of amides is 2. The van der Waals surface area contributed by atoms with Crippen molar-refractivity contribution in [2.75, 3.05) is 39.5 Å². The van der Waals surface area contributed by atoms with E-state index < -0.39 is 18.2 Å². The number of aliphatic carboxylic acids is 1. The maximum Gasteiger partial charge on any atom is 0.329 e. The second-order valence-corrected chi connectivity index (χ2v) is 7.88. The number of carbonyl (C=O) groups is 3. The first kappa shape index (κ1) is 21.3. The lowest BCUT2D eigenvalue weighted by molar-refractivity contribution is -0.175. The largest absolute Gasteiger partial charge is 0.480 e. The third-order valence-electron chi connectivity index (χ3n) is 5.76. The van der Waals surface area contributed by atoms with Gasteiger partial charge in [0.15, 0.2) is 0 Å². The molecule has 3 rings (SSSR count). The van der Waals surface area contributed by atoms with Crippen LogP contribution in [0.4, 0.5) is 0 Å². The molecule has 29 heavy (non-hydrogen) atoms. The molecule has 2 amide bonds. The standard InChI is InChI=1S/C21H28N2O6/c1-21(15-23(19(25)13-29-21)11-16-5-3-2-4-6-16)17-7-9-22(10-8-17)18(24)12-28-14-20(26)27/h2-6,17H,7-15H2,1H3,(H,26,27). The summed E-state index contributed by atoms with van der Waals surface area (Å²) in [7, 11) is 0. The van der Waals surface area contributed by atoms with Crippen molar-refractivity contribution < 1.29 is 29.0 Å². The van der Waals surface area contributed by atoms with Crippen molar-refractivity contribution in [1.82, 2.24) is 9.80 Å². The number of likely N-dealkylation sites (tertiary alicyclic amines) is 1. The van der Waals surface area contributed by atoms with E-state index in [4.69, 9.17) is 14.6 Å². The summed E-state index contributed by atoms with van der Waals surface area (Å²) in [6, 6.07) is 9.91. The molecule has 1 atom stereocenters. The van der Waals surface area contributed by atoms with Crippen LogP contribution in [0.25, 0.3) is 0 Å². The fourth-order valence-electron chi connectivity index (χ4n) is 4.08. The third-order valence-corrected chi connectivity index (χ3v) is 5.76. The summed E-state index contributed by atoms with van der Waals surface area (Å²) in [5.41, 5.74) is 0.643. The van der Waals surface area contributed by atoms with Crippen LogP contribution in [0.3, 0.4) is 0 Å². The second kappa shape index (κ2) is 9.37. The van der Waals surface area contributed by atoms with Gasteiger partial charge in [-0.1, -0.05) is 30.3 Å². The van der Waals surface area contributed by atoms with Gasteiger partial charge in [0.1, 0.15) is 19.8 Å². The minimum atomic E-state index is -1.09. The third kappa shape index (κ3) is 5.55. The van der Waals surface area contributed by atoms with Crippen LogP contribution in [0.1, 0.15) is 25.3 Å². The van der Waals surface area contributed by atoms with Crippen molar-refractivity contribution in [2.24, 2.45) is 5.92 Å². The molecule has 2 aliphatic heterocycles. The van der Waals surface area contributed by atoms with Gasteiger partial charge in [0, 0.05) is 19.6 Å². The minimum Gasteiger partial charge on any atom is -0.480 e. The van der Waals surface area contributed by atoms with E-state index in [-0.39, 0.29) is 30.9 Å². The second-order valence-electron chi connectivity index (χ2n) is 7.88. The molecule has 1 aromatic carbocycles. The topological polar surface area (TPSA) is 96.4 Å². The summed E-state index contributed by atoms with van der Waals surface area (Å²) >= 11 is 0. The van der Waals surface area contributed by atoms with Crippen LogP contribution in [0.15, 0.2) is 30.3 Å². The highest BCUT2D eigenvalue weighted by Gasteiger charge is 2.43. The monoisotopic (exact) mass is 404 g/mol. The molecular formula is C21H28N2O6. The Kier molecular flexibility index (Phi) is 6.87. The molecule has 1 aromatic rings. The lowest BCUT2D eigenvalue weighted by Gasteiger charge is -2.47. The van der Waals surface area contributed by atoms with Gasteiger partial charge in [0.25, 0.3) is 0 Å². The van der Waals surface area contributed by atoms with E-state index in [0.29, 0.717) is 26.2 Å². The number of hydrogen-bond donors (Lipinski definition) is 1. The Morgan fingerprint density at radius 2 is 1.90 bits per heavy atom. The van der Waals surface area contributed by atoms with Crippen molar-refractivity contribution in [1.29, 1.82) is 0 Å². The van der Waals surface area contributed by atoms with Gasteiger partial charge < -0.3 is 24.4 Å². The molecule has 0 spiro atoms. The highest BCUT2D eigenvalue weighted by atomic mass is 16.5. The average Bonchev–Trinajstić information content (AvgIpc) is 2.71. The molecule has 0 radical (unpaired) electrons. The molecule has 8 heteroatoms. The number of nitrogens with zero attached hydrogens (tertiary/aromatic N) is 2. The normalized spacial score (nSPS) is 23.3. The summed E-state index contributed by atoms with van der Waals surface area (Å²) in [5.74, 6) is -1.05. The Hall–Kier alpha value is -2.45. The fourth-order valence-corrected chi connectivity index (χ4v) is 4.08. The van der Waals surface area contributed by atoms with Crippen LogP contribution in [-0.2, 0) is 30.4 Å². The molecule has 0 aliphatic carbocycles. The summed E-state index contributed by atoms with van der Waals surface area (Å²) < 4.78 is 10.9. The number of benzene rings is 1. The van der Waals surface area contributed by atoms with Crippen molar-refractivity contribution in [2.45, 2.75) is 31.9 Å². The summed E-state index contributed by atoms with van der Waals surface area (Å²) in [5, 5.41) is 8.59. The molecule has 1 unspecified atom stereocenters. The molecule has 158 valence electrons. The molecule has 1 N–H and O–H groups in total. The molecule has 0 bridgehead atoms. The van der Waals surface area contributed by atoms with Gasteiger partial charge in [-0.05, 0) is 31.2 Å². The van der Waals surface area contributed by atoms with E-state index in [1.54, 1.807) is 4.90 Å². The maximum atomic E-state index is 12.4. The number of hydrogen-bond acceptors (Lipinski definition) is 5. The average molecular weight is 404 g/mol.